The molecule has 3 N–H and O–H groups in total. The number of phosphoric acid groups is 3. The summed E-state index contributed by atoms with van der Waals surface area (Å²) in [6.07, 6.45) is -0.741. The van der Waals surface area contributed by atoms with Crippen LogP contribution in [0.3, 0.4) is 0 Å². The predicted molar refractivity (Wildman–Crippen MR) is 66.2 cm³/mol. The summed E-state index contributed by atoms with van der Waals surface area (Å²) in [5, 5.41) is 8.35. The van der Waals surface area contributed by atoms with Crippen LogP contribution in [0.2, 0.25) is 0 Å². The summed E-state index contributed by atoms with van der Waals surface area (Å²) in [4.78, 5) is 49.5. The summed E-state index contributed by atoms with van der Waals surface area (Å²) in [5.41, 5.74) is 0. The monoisotopic (exact) mass is 382 g/mol. The van der Waals surface area contributed by atoms with E-state index >= 15 is 0 Å². The first-order valence-corrected chi connectivity index (χ1v) is 10.5. The van der Waals surface area contributed by atoms with E-state index in [0.717, 1.165) is 11.8 Å². The molecule has 0 saturated carbocycles. The van der Waals surface area contributed by atoms with Crippen molar-refractivity contribution >= 4 is 43.4 Å². The standard InChI is InChI=1S/C5H12BO11P3S/c6-5-1-3(7)4(21-5)2-15-19(11,12)17-20(13,14)16-18(8,9)10/h3-5,7H,1-2H2,(H,11,12)(H,13,14)(H2,8,9,10)/p-2/t3-,4-,5-/m1/s1. The molecule has 1 saturated heterocycles. The van der Waals surface area contributed by atoms with E-state index in [0.29, 0.717) is 0 Å². The zero-order valence-corrected chi connectivity index (χ0v) is 13.6. The van der Waals surface area contributed by atoms with Gasteiger partial charge in [-0.1, -0.05) is 0 Å². The smallest absolute Gasteiger partial charge is 0.395 e. The first kappa shape index (κ1) is 20.0. The van der Waals surface area contributed by atoms with Crippen LogP contribution in [0, 0.1) is 0 Å². The maximum absolute atomic E-state index is 11.3. The van der Waals surface area contributed by atoms with Gasteiger partial charge in [0.2, 0.25) is 0 Å². The molecule has 0 aliphatic carbocycles. The summed E-state index contributed by atoms with van der Waals surface area (Å²) >= 11 is 1.03. The Labute approximate surface area is 125 Å². The summed E-state index contributed by atoms with van der Waals surface area (Å²) in [6, 6.07) is 0. The van der Waals surface area contributed by atoms with Crippen molar-refractivity contribution in [2.45, 2.75) is 22.9 Å². The molecule has 6 atom stereocenters. The third-order valence-corrected chi connectivity index (χ3v) is 7.14. The molecule has 0 aromatic carbocycles. The average molecular weight is 382 g/mol. The van der Waals surface area contributed by atoms with Gasteiger partial charge in [0.1, 0.15) is 0 Å². The van der Waals surface area contributed by atoms with Crippen LogP contribution in [-0.4, -0.2) is 45.8 Å². The van der Waals surface area contributed by atoms with E-state index in [-0.39, 0.29) is 6.42 Å². The molecule has 0 aromatic rings. The Morgan fingerprint density at radius 1 is 1.38 bits per heavy atom. The second-order valence-corrected chi connectivity index (χ2v) is 9.68. The summed E-state index contributed by atoms with van der Waals surface area (Å²) < 4.78 is 32.5. The second kappa shape index (κ2) is 7.23. The number of hydrogen-bond donors (Lipinski definition) is 3. The number of rotatable bonds is 7. The minimum Gasteiger partial charge on any atom is -0.754 e. The fraction of sp³-hybridized carbons (Fsp3) is 1.00. The highest BCUT2D eigenvalue weighted by Crippen LogP contribution is 2.66. The SMILES string of the molecule is [B][C@H]1C[C@@H](O)[C@@H](COP(=O)([O-])O[P+]([O-])(O)OP(=O)([O-])O)S1. The second-order valence-electron chi connectivity index (χ2n) is 3.86. The highest BCUT2D eigenvalue weighted by Gasteiger charge is 2.40. The number of hydrogen-bond acceptors (Lipinski definition) is 11. The molecular formula is C5H10BO11P3S-2. The Morgan fingerprint density at radius 2 is 1.95 bits per heavy atom. The fourth-order valence-corrected chi connectivity index (χ4v) is 5.64. The summed E-state index contributed by atoms with van der Waals surface area (Å²) in [7, 11) is -11.3. The van der Waals surface area contributed by atoms with Gasteiger partial charge in [0.15, 0.2) is 0 Å². The molecule has 0 spiro atoms. The molecule has 1 fully saturated rings. The van der Waals surface area contributed by atoms with Crippen molar-refractivity contribution in [3.63, 3.8) is 0 Å². The molecule has 3 unspecified atom stereocenters. The van der Waals surface area contributed by atoms with Gasteiger partial charge in [-0.25, -0.2) is 0 Å². The number of aliphatic hydroxyl groups is 1. The van der Waals surface area contributed by atoms with Crippen molar-refractivity contribution in [2.75, 3.05) is 6.61 Å². The van der Waals surface area contributed by atoms with Crippen LogP contribution in [-0.2, 0) is 22.3 Å². The van der Waals surface area contributed by atoms with E-state index in [1.165, 1.54) is 0 Å². The van der Waals surface area contributed by atoms with Gasteiger partial charge in [0.05, 0.1) is 25.8 Å². The van der Waals surface area contributed by atoms with Crippen molar-refractivity contribution < 1.29 is 51.8 Å². The molecule has 11 nitrogen and oxygen atoms in total. The van der Waals surface area contributed by atoms with Gasteiger partial charge >= 0.3 is 23.8 Å². The Balaban J connectivity index is 2.53. The Hall–Kier alpha value is 0.945. The van der Waals surface area contributed by atoms with Gasteiger partial charge in [0.25, 0.3) is 0 Å². The Bertz CT molecular complexity index is 455. The van der Waals surface area contributed by atoms with Gasteiger partial charge in [-0.05, 0) is 11.6 Å². The lowest BCUT2D eigenvalue weighted by molar-refractivity contribution is -0.259. The van der Waals surface area contributed by atoms with E-state index in [2.05, 4.69) is 13.1 Å². The van der Waals surface area contributed by atoms with Crippen molar-refractivity contribution in [1.29, 1.82) is 0 Å². The maximum Gasteiger partial charge on any atom is 0.395 e. The molecule has 0 bridgehead atoms. The number of aliphatic hydroxyl groups excluding tert-OH is 1. The van der Waals surface area contributed by atoms with Gasteiger partial charge in [0, 0.05) is 0 Å². The highest BCUT2D eigenvalue weighted by molar-refractivity contribution is 8.01. The molecule has 1 heterocycles. The molecular weight excluding hydrogens is 372 g/mol. The Morgan fingerprint density at radius 3 is 2.38 bits per heavy atom. The zero-order valence-electron chi connectivity index (χ0n) is 10.1. The number of phosphoric ester groups is 1. The topological polar surface area (TPSA) is 192 Å². The van der Waals surface area contributed by atoms with Crippen LogP contribution in [0.4, 0.5) is 0 Å². The van der Waals surface area contributed by atoms with Crippen molar-refractivity contribution in [3.05, 3.63) is 0 Å². The van der Waals surface area contributed by atoms with Crippen molar-refractivity contribution in [1.82, 2.24) is 0 Å². The minimum atomic E-state index is -5.70. The van der Waals surface area contributed by atoms with E-state index in [9.17, 15) is 28.9 Å². The Kier molecular flexibility index (Phi) is 6.88. The molecule has 2 radical (unpaired) electrons. The van der Waals surface area contributed by atoms with E-state index in [4.69, 9.17) is 17.6 Å². The third kappa shape index (κ3) is 7.85. The van der Waals surface area contributed by atoms with E-state index in [1.807, 2.05) is 0 Å². The van der Waals surface area contributed by atoms with Crippen LogP contribution in [0.1, 0.15) is 6.42 Å². The molecule has 16 heteroatoms. The van der Waals surface area contributed by atoms with E-state index < -0.39 is 46.9 Å². The predicted octanol–water partition coefficient (Wildman–Crippen LogP) is -2.64. The maximum atomic E-state index is 11.3. The van der Waals surface area contributed by atoms with Crippen LogP contribution < -0.4 is 14.7 Å². The minimum absolute atomic E-state index is 0.203. The van der Waals surface area contributed by atoms with Gasteiger partial charge < -0.3 is 29.2 Å². The molecule has 1 rings (SSSR count). The van der Waals surface area contributed by atoms with Crippen molar-refractivity contribution in [3.8, 4) is 0 Å². The van der Waals surface area contributed by atoms with E-state index in [1.54, 1.807) is 0 Å². The summed E-state index contributed by atoms with van der Waals surface area (Å²) in [6.45, 7) is -0.617. The molecule has 0 aromatic heterocycles. The summed E-state index contributed by atoms with van der Waals surface area (Å²) in [5.74, 6) is 0. The van der Waals surface area contributed by atoms with Gasteiger partial charge in [-0.2, -0.15) is 16.7 Å². The first-order chi connectivity index (χ1) is 9.30. The molecule has 1 aliphatic rings. The lowest BCUT2D eigenvalue weighted by Crippen LogP contribution is -2.25. The zero-order chi connectivity index (χ0) is 16.5. The largest absolute Gasteiger partial charge is 0.754 e. The van der Waals surface area contributed by atoms with Gasteiger partial charge in [-0.3, -0.25) is 9.13 Å². The first-order valence-electron chi connectivity index (χ1n) is 5.14. The molecule has 0 amide bonds. The highest BCUT2D eigenvalue weighted by atomic mass is 32.2. The number of thioether (sulfide) groups is 1. The normalized spacial score (nSPS) is 34.9. The molecule has 1 aliphatic heterocycles. The fourth-order valence-electron chi connectivity index (χ4n) is 1.37. The van der Waals surface area contributed by atoms with Crippen LogP contribution in [0.25, 0.3) is 0 Å². The average Bonchev–Trinajstić information content (AvgIpc) is 2.48. The van der Waals surface area contributed by atoms with Crippen LogP contribution in [0.5, 0.6) is 0 Å². The quantitative estimate of drug-likeness (QED) is 0.307. The lowest BCUT2D eigenvalue weighted by atomic mass is 9.98. The van der Waals surface area contributed by atoms with Crippen molar-refractivity contribution in [2.24, 2.45) is 0 Å². The molecule has 21 heavy (non-hydrogen) atoms. The van der Waals surface area contributed by atoms with Crippen LogP contribution in [0.15, 0.2) is 0 Å². The molecule has 122 valence electrons. The third-order valence-electron chi connectivity index (χ3n) is 2.06. The lowest BCUT2D eigenvalue weighted by Gasteiger charge is -2.29. The van der Waals surface area contributed by atoms with Crippen LogP contribution >= 0.6 is 35.6 Å². The van der Waals surface area contributed by atoms with Gasteiger partial charge in [-0.15, -0.1) is 8.62 Å².